The summed E-state index contributed by atoms with van der Waals surface area (Å²) in [4.78, 5) is 11.8. The van der Waals surface area contributed by atoms with Crippen LogP contribution >= 0.6 is 23.2 Å². The van der Waals surface area contributed by atoms with Crippen molar-refractivity contribution in [1.82, 2.24) is 5.32 Å². The molecule has 1 aliphatic rings. The minimum atomic E-state index is -4.06. The molecule has 0 spiro atoms. The van der Waals surface area contributed by atoms with Gasteiger partial charge >= 0.3 is 0 Å². The number of carbonyl (C=O) groups excluding carboxylic acids is 1. The third-order valence-electron chi connectivity index (χ3n) is 3.32. The molecule has 9 heteroatoms. The van der Waals surface area contributed by atoms with E-state index in [4.69, 9.17) is 33.1 Å². The van der Waals surface area contributed by atoms with Crippen LogP contribution in [0.2, 0.25) is 10.0 Å². The second-order valence-electron chi connectivity index (χ2n) is 4.81. The molecule has 1 aromatic rings. The molecule has 116 valence electrons. The first-order valence-corrected chi connectivity index (χ1v) is 8.38. The SMILES string of the molecule is COC1CC(NC(=O)c2cc(Cl)cc(S(N)(=O)=O)c2Cl)C1. The topological polar surface area (TPSA) is 98.5 Å². The molecule has 0 aliphatic heterocycles. The molecule has 0 unspecified atom stereocenters. The minimum absolute atomic E-state index is 0.0194. The maximum absolute atomic E-state index is 12.2. The second-order valence-corrected chi connectivity index (χ2v) is 7.15. The van der Waals surface area contributed by atoms with Crippen molar-refractivity contribution in [3.63, 3.8) is 0 Å². The molecule has 1 aromatic carbocycles. The summed E-state index contributed by atoms with van der Waals surface area (Å²) in [7, 11) is -2.46. The largest absolute Gasteiger partial charge is 0.381 e. The number of primary sulfonamides is 1. The number of amides is 1. The van der Waals surface area contributed by atoms with E-state index in [1.807, 2.05) is 0 Å². The van der Waals surface area contributed by atoms with Crippen molar-refractivity contribution < 1.29 is 17.9 Å². The van der Waals surface area contributed by atoms with Crippen molar-refractivity contribution in [2.24, 2.45) is 5.14 Å². The van der Waals surface area contributed by atoms with Crippen LogP contribution in [0.15, 0.2) is 17.0 Å². The average Bonchev–Trinajstić information content (AvgIpc) is 2.33. The summed E-state index contributed by atoms with van der Waals surface area (Å²) in [5.74, 6) is -0.494. The molecule has 1 saturated carbocycles. The summed E-state index contributed by atoms with van der Waals surface area (Å²) in [6, 6.07) is 2.39. The van der Waals surface area contributed by atoms with E-state index in [1.54, 1.807) is 7.11 Å². The van der Waals surface area contributed by atoms with Gasteiger partial charge in [-0.3, -0.25) is 4.79 Å². The number of nitrogens with one attached hydrogen (secondary N) is 1. The molecule has 1 aliphatic carbocycles. The third-order valence-corrected chi connectivity index (χ3v) is 4.99. The third kappa shape index (κ3) is 3.67. The molecular formula is C12H14Cl2N2O4S. The molecule has 2 rings (SSSR count). The number of hydrogen-bond acceptors (Lipinski definition) is 4. The molecule has 1 fully saturated rings. The standard InChI is InChI=1S/C12H14Cl2N2O4S/c1-20-8-4-7(5-8)16-12(17)9-2-6(13)3-10(11(9)14)21(15,18)19/h2-3,7-8H,4-5H2,1H3,(H,16,17)(H2,15,18,19). The van der Waals surface area contributed by atoms with Crippen molar-refractivity contribution in [2.75, 3.05) is 7.11 Å². The predicted molar refractivity (Wildman–Crippen MR) is 79.1 cm³/mol. The average molecular weight is 353 g/mol. The van der Waals surface area contributed by atoms with E-state index in [0.29, 0.717) is 12.8 Å². The van der Waals surface area contributed by atoms with Crippen LogP contribution in [0.3, 0.4) is 0 Å². The van der Waals surface area contributed by atoms with Gasteiger partial charge in [-0.2, -0.15) is 0 Å². The lowest BCUT2D eigenvalue weighted by atomic mass is 9.89. The Morgan fingerprint density at radius 2 is 2.00 bits per heavy atom. The predicted octanol–water partition coefficient (Wildman–Crippen LogP) is 1.55. The van der Waals surface area contributed by atoms with Gasteiger partial charge < -0.3 is 10.1 Å². The first kappa shape index (κ1) is 16.5. The van der Waals surface area contributed by atoms with Gasteiger partial charge in [0, 0.05) is 18.2 Å². The number of halogens is 2. The molecule has 0 atom stereocenters. The highest BCUT2D eigenvalue weighted by molar-refractivity contribution is 7.89. The van der Waals surface area contributed by atoms with Gasteiger partial charge in [0.1, 0.15) is 4.90 Å². The molecule has 3 N–H and O–H groups in total. The Hall–Kier alpha value is -0.860. The molecule has 0 bridgehead atoms. The van der Waals surface area contributed by atoms with Gasteiger partial charge in [-0.05, 0) is 25.0 Å². The van der Waals surface area contributed by atoms with Gasteiger partial charge in [0.05, 0.1) is 16.7 Å². The molecule has 21 heavy (non-hydrogen) atoms. The van der Waals surface area contributed by atoms with Gasteiger partial charge in [-0.15, -0.1) is 0 Å². The van der Waals surface area contributed by atoms with Crippen LogP contribution in [0.4, 0.5) is 0 Å². The lowest BCUT2D eigenvalue weighted by molar-refractivity contribution is 0.0176. The van der Waals surface area contributed by atoms with Crippen molar-refractivity contribution in [3.05, 3.63) is 27.7 Å². The molecule has 6 nitrogen and oxygen atoms in total. The van der Waals surface area contributed by atoms with Crippen molar-refractivity contribution in [1.29, 1.82) is 0 Å². The lowest BCUT2D eigenvalue weighted by Gasteiger charge is -2.34. The zero-order valence-corrected chi connectivity index (χ0v) is 13.4. The highest BCUT2D eigenvalue weighted by atomic mass is 35.5. The Balaban J connectivity index is 2.24. The van der Waals surface area contributed by atoms with Crippen LogP contribution < -0.4 is 10.5 Å². The van der Waals surface area contributed by atoms with Crippen LogP contribution in [0.25, 0.3) is 0 Å². The monoisotopic (exact) mass is 352 g/mol. The number of hydrogen-bond donors (Lipinski definition) is 2. The van der Waals surface area contributed by atoms with Crippen LogP contribution in [0.1, 0.15) is 23.2 Å². The smallest absolute Gasteiger partial charge is 0.253 e. The van der Waals surface area contributed by atoms with E-state index < -0.39 is 15.9 Å². The van der Waals surface area contributed by atoms with Gasteiger partial charge in [0.2, 0.25) is 10.0 Å². The van der Waals surface area contributed by atoms with Gasteiger partial charge in [-0.1, -0.05) is 23.2 Å². The number of ether oxygens (including phenoxy) is 1. The summed E-state index contributed by atoms with van der Waals surface area (Å²) < 4.78 is 28.0. The van der Waals surface area contributed by atoms with Crippen LogP contribution in [0.5, 0.6) is 0 Å². The normalized spacial score (nSPS) is 21.7. The molecule has 0 radical (unpaired) electrons. The summed E-state index contributed by atoms with van der Waals surface area (Å²) in [6.07, 6.45) is 1.52. The Bertz CT molecular complexity index is 672. The first-order valence-electron chi connectivity index (χ1n) is 6.08. The highest BCUT2D eigenvalue weighted by Crippen LogP contribution is 2.30. The minimum Gasteiger partial charge on any atom is -0.381 e. The lowest BCUT2D eigenvalue weighted by Crippen LogP contribution is -2.47. The summed E-state index contributed by atoms with van der Waals surface area (Å²) in [5.41, 5.74) is -0.0194. The Labute approximate surface area is 132 Å². The molecule has 0 heterocycles. The van der Waals surface area contributed by atoms with Gasteiger partial charge in [0.15, 0.2) is 0 Å². The number of methoxy groups -OCH3 is 1. The van der Waals surface area contributed by atoms with Gasteiger partial charge in [0.25, 0.3) is 5.91 Å². The number of nitrogens with two attached hydrogens (primary N) is 1. The van der Waals surface area contributed by atoms with E-state index >= 15 is 0 Å². The quantitative estimate of drug-likeness (QED) is 0.858. The van der Waals surface area contributed by atoms with E-state index in [1.165, 1.54) is 6.07 Å². The van der Waals surface area contributed by atoms with Crippen molar-refractivity contribution in [3.8, 4) is 0 Å². The number of benzene rings is 1. The molecule has 0 aromatic heterocycles. The van der Waals surface area contributed by atoms with E-state index in [-0.39, 0.29) is 32.7 Å². The number of carbonyl (C=O) groups is 1. The van der Waals surface area contributed by atoms with Crippen molar-refractivity contribution >= 4 is 39.1 Å². The summed E-state index contributed by atoms with van der Waals surface area (Å²) in [5, 5.41) is 7.63. The second kappa shape index (κ2) is 6.10. The van der Waals surface area contributed by atoms with E-state index in [2.05, 4.69) is 5.32 Å². The fourth-order valence-electron chi connectivity index (χ4n) is 2.08. The van der Waals surface area contributed by atoms with Crippen LogP contribution in [-0.2, 0) is 14.8 Å². The van der Waals surface area contributed by atoms with Crippen LogP contribution in [0, 0.1) is 0 Å². The maximum atomic E-state index is 12.2. The number of sulfonamides is 1. The molecule has 0 saturated heterocycles. The fraction of sp³-hybridized carbons (Fsp3) is 0.417. The summed E-state index contributed by atoms with van der Waals surface area (Å²) >= 11 is 11.8. The first-order chi connectivity index (χ1) is 9.72. The maximum Gasteiger partial charge on any atom is 0.253 e. The highest BCUT2D eigenvalue weighted by Gasteiger charge is 2.31. The Morgan fingerprint density at radius 1 is 1.38 bits per heavy atom. The van der Waals surface area contributed by atoms with Crippen molar-refractivity contribution in [2.45, 2.75) is 29.9 Å². The van der Waals surface area contributed by atoms with E-state index in [9.17, 15) is 13.2 Å². The van der Waals surface area contributed by atoms with Gasteiger partial charge in [-0.25, -0.2) is 13.6 Å². The molecule has 1 amide bonds. The Kier molecular flexibility index (Phi) is 4.79. The molecular weight excluding hydrogens is 339 g/mol. The zero-order chi connectivity index (χ0) is 15.8. The summed E-state index contributed by atoms with van der Waals surface area (Å²) in [6.45, 7) is 0. The zero-order valence-electron chi connectivity index (χ0n) is 11.1. The Morgan fingerprint density at radius 3 is 2.52 bits per heavy atom. The van der Waals surface area contributed by atoms with Crippen LogP contribution in [-0.4, -0.2) is 33.6 Å². The van der Waals surface area contributed by atoms with E-state index in [0.717, 1.165) is 6.07 Å². The fourth-order valence-corrected chi connectivity index (χ4v) is 3.53. The number of rotatable bonds is 4.